The molecule has 1 N–H and O–H groups in total. The number of halogens is 1. The van der Waals surface area contributed by atoms with E-state index in [0.29, 0.717) is 37.7 Å². The fourth-order valence-corrected chi connectivity index (χ4v) is 3.14. The molecule has 3 rings (SSSR count). The fourth-order valence-electron chi connectivity index (χ4n) is 2.95. The summed E-state index contributed by atoms with van der Waals surface area (Å²) in [6.45, 7) is 2.31. The Morgan fingerprint density at radius 2 is 1.86 bits per heavy atom. The highest BCUT2D eigenvalue weighted by molar-refractivity contribution is 6.32. The summed E-state index contributed by atoms with van der Waals surface area (Å²) in [4.78, 5) is 37.1. The van der Waals surface area contributed by atoms with E-state index in [1.165, 1.54) is 25.3 Å². The van der Waals surface area contributed by atoms with Crippen LogP contribution in [0.3, 0.4) is 0 Å². The fraction of sp³-hybridized carbons (Fsp3) is 0.263. The monoisotopic (exact) mass is 419 g/mol. The molecule has 0 atom stereocenters. The predicted molar refractivity (Wildman–Crippen MR) is 107 cm³/mol. The number of nitrogens with one attached hydrogen (secondary N) is 1. The van der Waals surface area contributed by atoms with Gasteiger partial charge in [-0.1, -0.05) is 11.6 Å². The minimum atomic E-state index is -0.657. The molecule has 9 nitrogen and oxygen atoms in total. The van der Waals surface area contributed by atoms with Crippen LogP contribution in [0.5, 0.6) is 0 Å². The Hall–Kier alpha value is -3.17. The van der Waals surface area contributed by atoms with Crippen LogP contribution in [0.15, 0.2) is 36.4 Å². The summed E-state index contributed by atoms with van der Waals surface area (Å²) in [5, 5.41) is 13.8. The smallest absolute Gasteiger partial charge is 0.337 e. The Morgan fingerprint density at radius 3 is 2.52 bits per heavy atom. The van der Waals surface area contributed by atoms with Crippen molar-refractivity contribution >= 4 is 40.5 Å². The molecule has 0 spiro atoms. The van der Waals surface area contributed by atoms with Crippen LogP contribution in [-0.2, 0) is 9.47 Å². The summed E-state index contributed by atoms with van der Waals surface area (Å²) in [7, 11) is 1.27. The van der Waals surface area contributed by atoms with Gasteiger partial charge < -0.3 is 19.7 Å². The molecule has 1 heterocycles. The van der Waals surface area contributed by atoms with Crippen LogP contribution in [0, 0.1) is 10.1 Å². The van der Waals surface area contributed by atoms with Crippen molar-refractivity contribution in [1.82, 2.24) is 0 Å². The van der Waals surface area contributed by atoms with Gasteiger partial charge in [-0.3, -0.25) is 14.9 Å². The van der Waals surface area contributed by atoms with Crippen LogP contribution in [0.1, 0.15) is 20.7 Å². The Bertz CT molecular complexity index is 959. The molecule has 0 aliphatic carbocycles. The first-order valence-electron chi connectivity index (χ1n) is 8.71. The number of methoxy groups -OCH3 is 1. The number of esters is 1. The summed E-state index contributed by atoms with van der Waals surface area (Å²) in [5.74, 6) is -1.11. The molecule has 10 heteroatoms. The number of carbonyl (C=O) groups is 2. The van der Waals surface area contributed by atoms with Crippen LogP contribution < -0.4 is 10.2 Å². The van der Waals surface area contributed by atoms with E-state index >= 15 is 0 Å². The lowest BCUT2D eigenvalue weighted by atomic mass is 10.1. The number of benzene rings is 2. The number of nitrogens with zero attached hydrogens (tertiary/aromatic N) is 2. The molecule has 2 aromatic carbocycles. The first-order chi connectivity index (χ1) is 13.9. The second-order valence-corrected chi connectivity index (χ2v) is 6.61. The molecule has 1 aliphatic heterocycles. The van der Waals surface area contributed by atoms with Gasteiger partial charge in [0.2, 0.25) is 0 Å². The largest absolute Gasteiger partial charge is 0.465 e. The minimum absolute atomic E-state index is 0.0618. The van der Waals surface area contributed by atoms with Crippen molar-refractivity contribution in [3.05, 3.63) is 62.7 Å². The molecule has 2 aromatic rings. The van der Waals surface area contributed by atoms with E-state index in [2.05, 4.69) is 5.32 Å². The molecule has 1 fully saturated rings. The zero-order valence-corrected chi connectivity index (χ0v) is 16.3. The Labute approximate surface area is 171 Å². The van der Waals surface area contributed by atoms with Crippen LogP contribution in [0.4, 0.5) is 17.1 Å². The second-order valence-electron chi connectivity index (χ2n) is 6.20. The number of ether oxygens (including phenoxy) is 2. The number of rotatable bonds is 5. The summed E-state index contributed by atoms with van der Waals surface area (Å²) >= 11 is 5.81. The standard InChI is InChI=1S/C19H18ClN3O6/c1-28-19(25)13-3-5-16(22-6-8-29-9-7-22)15(10-13)21-18(24)12-2-4-14(20)17(11-12)23(26)27/h2-5,10-11H,6-9H2,1H3,(H,21,24). The van der Waals surface area contributed by atoms with Gasteiger partial charge in [-0.25, -0.2) is 4.79 Å². The molecule has 1 amide bonds. The van der Waals surface area contributed by atoms with E-state index in [9.17, 15) is 19.7 Å². The van der Waals surface area contributed by atoms with Gasteiger partial charge in [-0.05, 0) is 30.3 Å². The first-order valence-corrected chi connectivity index (χ1v) is 9.09. The van der Waals surface area contributed by atoms with E-state index < -0.39 is 16.8 Å². The van der Waals surface area contributed by atoms with E-state index in [1.807, 2.05) is 4.90 Å². The summed E-state index contributed by atoms with van der Waals surface area (Å²) in [6.07, 6.45) is 0. The highest BCUT2D eigenvalue weighted by atomic mass is 35.5. The number of hydrogen-bond acceptors (Lipinski definition) is 7. The van der Waals surface area contributed by atoms with E-state index in [1.54, 1.807) is 12.1 Å². The number of carbonyl (C=O) groups excluding carboxylic acids is 2. The van der Waals surface area contributed by atoms with Crippen LogP contribution in [0.25, 0.3) is 0 Å². The molecular weight excluding hydrogens is 402 g/mol. The number of anilines is 2. The van der Waals surface area contributed by atoms with Crippen molar-refractivity contribution < 1.29 is 24.0 Å². The third-order valence-electron chi connectivity index (χ3n) is 4.42. The third kappa shape index (κ3) is 4.64. The number of nitro groups is 1. The lowest BCUT2D eigenvalue weighted by Gasteiger charge is -2.30. The third-order valence-corrected chi connectivity index (χ3v) is 4.74. The lowest BCUT2D eigenvalue weighted by molar-refractivity contribution is -0.384. The number of morpholine rings is 1. The van der Waals surface area contributed by atoms with Gasteiger partial charge in [-0.15, -0.1) is 0 Å². The molecule has 152 valence electrons. The SMILES string of the molecule is COC(=O)c1ccc(N2CCOCC2)c(NC(=O)c2ccc(Cl)c([N+](=O)[O-])c2)c1. The van der Waals surface area contributed by atoms with E-state index in [4.69, 9.17) is 21.1 Å². The van der Waals surface area contributed by atoms with Crippen molar-refractivity contribution in [3.63, 3.8) is 0 Å². The molecule has 0 bridgehead atoms. The highest BCUT2D eigenvalue weighted by Gasteiger charge is 2.21. The second kappa shape index (κ2) is 8.89. The molecule has 0 saturated carbocycles. The summed E-state index contributed by atoms with van der Waals surface area (Å²) in [5.41, 5.74) is 1.06. The maximum absolute atomic E-state index is 12.7. The molecule has 0 radical (unpaired) electrons. The Kier molecular flexibility index (Phi) is 6.30. The van der Waals surface area contributed by atoms with Crippen molar-refractivity contribution in [2.24, 2.45) is 0 Å². The van der Waals surface area contributed by atoms with E-state index in [0.717, 1.165) is 6.07 Å². The van der Waals surface area contributed by atoms with Crippen LogP contribution in [0.2, 0.25) is 5.02 Å². The molecule has 1 saturated heterocycles. The number of amides is 1. The van der Waals surface area contributed by atoms with Gasteiger partial charge in [0.15, 0.2) is 0 Å². The maximum atomic E-state index is 12.7. The average molecular weight is 420 g/mol. The van der Waals surface area contributed by atoms with Gasteiger partial charge in [0, 0.05) is 24.7 Å². The Morgan fingerprint density at radius 1 is 1.17 bits per heavy atom. The number of hydrogen-bond donors (Lipinski definition) is 1. The highest BCUT2D eigenvalue weighted by Crippen LogP contribution is 2.30. The average Bonchev–Trinajstić information content (AvgIpc) is 2.73. The van der Waals surface area contributed by atoms with Crippen LogP contribution in [-0.4, -0.2) is 50.2 Å². The number of nitro benzene ring substituents is 1. The van der Waals surface area contributed by atoms with Gasteiger partial charge >= 0.3 is 5.97 Å². The zero-order chi connectivity index (χ0) is 21.0. The van der Waals surface area contributed by atoms with Gasteiger partial charge in [0.25, 0.3) is 11.6 Å². The zero-order valence-electron chi connectivity index (χ0n) is 15.5. The topological polar surface area (TPSA) is 111 Å². The molecular formula is C19H18ClN3O6. The van der Waals surface area contributed by atoms with Crippen LogP contribution >= 0.6 is 11.6 Å². The normalized spacial score (nSPS) is 13.7. The van der Waals surface area contributed by atoms with E-state index in [-0.39, 0.29) is 21.8 Å². The first kappa shape index (κ1) is 20.6. The summed E-state index contributed by atoms with van der Waals surface area (Å²) < 4.78 is 10.1. The quantitative estimate of drug-likeness (QED) is 0.450. The van der Waals surface area contributed by atoms with Gasteiger partial charge in [-0.2, -0.15) is 0 Å². The van der Waals surface area contributed by atoms with Crippen molar-refractivity contribution in [3.8, 4) is 0 Å². The van der Waals surface area contributed by atoms with Gasteiger partial charge in [0.05, 0.1) is 42.2 Å². The predicted octanol–water partition coefficient (Wildman–Crippen LogP) is 3.12. The molecule has 1 aliphatic rings. The van der Waals surface area contributed by atoms with Crippen molar-refractivity contribution in [2.75, 3.05) is 43.6 Å². The lowest BCUT2D eigenvalue weighted by Crippen LogP contribution is -2.36. The molecule has 0 aromatic heterocycles. The van der Waals surface area contributed by atoms with Gasteiger partial charge in [0.1, 0.15) is 5.02 Å². The van der Waals surface area contributed by atoms with Crippen molar-refractivity contribution in [1.29, 1.82) is 0 Å². The Balaban J connectivity index is 1.95. The summed E-state index contributed by atoms with van der Waals surface area (Å²) in [6, 6.07) is 8.64. The maximum Gasteiger partial charge on any atom is 0.337 e. The molecule has 29 heavy (non-hydrogen) atoms. The van der Waals surface area contributed by atoms with Crippen molar-refractivity contribution in [2.45, 2.75) is 0 Å². The molecule has 0 unspecified atom stereocenters. The minimum Gasteiger partial charge on any atom is -0.465 e.